The SMILES string of the molecule is Cc1ccc(OCCNC(=O)C2CCN(S(=O)(=O)Cc3cccc(Br)c3)CC2)cc1. The summed E-state index contributed by atoms with van der Waals surface area (Å²) in [5, 5.41) is 2.90. The topological polar surface area (TPSA) is 75.7 Å². The lowest BCUT2D eigenvalue weighted by Gasteiger charge is -2.30. The first-order chi connectivity index (χ1) is 14.3. The van der Waals surface area contributed by atoms with Gasteiger partial charge in [-0.3, -0.25) is 4.79 Å². The Bertz CT molecular complexity index is 955. The highest BCUT2D eigenvalue weighted by Gasteiger charge is 2.31. The molecule has 1 N–H and O–H groups in total. The van der Waals surface area contributed by atoms with Crippen molar-refractivity contribution in [3.63, 3.8) is 0 Å². The molecular weight excluding hydrogens is 468 g/mol. The van der Waals surface area contributed by atoms with Crippen molar-refractivity contribution in [2.75, 3.05) is 26.2 Å². The predicted octanol–water partition coefficient (Wildman–Crippen LogP) is 3.49. The fourth-order valence-corrected chi connectivity index (χ4v) is 5.44. The second kappa shape index (κ2) is 10.4. The standard InChI is InChI=1S/C22H27BrN2O4S/c1-17-5-7-21(8-6-17)29-14-11-24-22(26)19-9-12-25(13-10-19)30(27,28)16-18-3-2-4-20(23)15-18/h2-8,15,19H,9-14,16H2,1H3,(H,24,26). The molecule has 1 aliphatic heterocycles. The van der Waals surface area contributed by atoms with Crippen LogP contribution in [0.25, 0.3) is 0 Å². The molecule has 1 aliphatic rings. The molecule has 1 fully saturated rings. The minimum absolute atomic E-state index is 0.0281. The molecule has 1 heterocycles. The maximum atomic E-state index is 12.7. The highest BCUT2D eigenvalue weighted by molar-refractivity contribution is 9.10. The fraction of sp³-hybridized carbons (Fsp3) is 0.409. The Kier molecular flexibility index (Phi) is 7.91. The highest BCUT2D eigenvalue weighted by atomic mass is 79.9. The van der Waals surface area contributed by atoms with E-state index in [0.29, 0.717) is 39.1 Å². The molecular formula is C22H27BrN2O4S. The second-order valence-corrected chi connectivity index (χ2v) is 10.4. The van der Waals surface area contributed by atoms with Crippen LogP contribution in [0.1, 0.15) is 24.0 Å². The monoisotopic (exact) mass is 494 g/mol. The molecule has 30 heavy (non-hydrogen) atoms. The zero-order valence-corrected chi connectivity index (χ0v) is 19.4. The van der Waals surface area contributed by atoms with Crippen LogP contribution in [0.5, 0.6) is 5.75 Å². The van der Waals surface area contributed by atoms with Gasteiger partial charge in [0.15, 0.2) is 0 Å². The van der Waals surface area contributed by atoms with E-state index in [1.165, 1.54) is 9.87 Å². The van der Waals surface area contributed by atoms with Gasteiger partial charge < -0.3 is 10.1 Å². The highest BCUT2D eigenvalue weighted by Crippen LogP contribution is 2.23. The Balaban J connectivity index is 1.40. The molecule has 0 radical (unpaired) electrons. The minimum Gasteiger partial charge on any atom is -0.492 e. The fourth-order valence-electron chi connectivity index (χ4n) is 3.45. The largest absolute Gasteiger partial charge is 0.492 e. The first-order valence-corrected chi connectivity index (χ1v) is 12.4. The number of halogens is 1. The van der Waals surface area contributed by atoms with E-state index in [1.807, 2.05) is 49.4 Å². The number of hydrogen-bond donors (Lipinski definition) is 1. The third-order valence-electron chi connectivity index (χ3n) is 5.15. The number of carbonyl (C=O) groups excluding carboxylic acids is 1. The Morgan fingerprint density at radius 3 is 2.53 bits per heavy atom. The third-order valence-corrected chi connectivity index (χ3v) is 7.49. The van der Waals surface area contributed by atoms with Crippen molar-refractivity contribution in [3.05, 3.63) is 64.1 Å². The molecule has 8 heteroatoms. The Labute approximate surface area is 186 Å². The van der Waals surface area contributed by atoms with Crippen molar-refractivity contribution >= 4 is 31.9 Å². The number of carbonyl (C=O) groups is 1. The lowest BCUT2D eigenvalue weighted by atomic mass is 9.97. The number of benzene rings is 2. The van der Waals surface area contributed by atoms with Gasteiger partial charge in [0.05, 0.1) is 12.3 Å². The molecule has 0 bridgehead atoms. The van der Waals surface area contributed by atoms with E-state index < -0.39 is 10.0 Å². The van der Waals surface area contributed by atoms with Crippen LogP contribution in [0, 0.1) is 12.8 Å². The number of sulfonamides is 1. The van der Waals surface area contributed by atoms with Crippen molar-refractivity contribution in [1.29, 1.82) is 0 Å². The van der Waals surface area contributed by atoms with E-state index in [-0.39, 0.29) is 17.6 Å². The van der Waals surface area contributed by atoms with Gasteiger partial charge >= 0.3 is 0 Å². The van der Waals surface area contributed by atoms with Gasteiger partial charge in [-0.2, -0.15) is 0 Å². The Morgan fingerprint density at radius 1 is 1.17 bits per heavy atom. The zero-order valence-electron chi connectivity index (χ0n) is 17.0. The number of aryl methyl sites for hydroxylation is 1. The van der Waals surface area contributed by atoms with Gasteiger partial charge in [0, 0.05) is 23.5 Å². The van der Waals surface area contributed by atoms with E-state index in [4.69, 9.17) is 4.74 Å². The van der Waals surface area contributed by atoms with Crippen LogP contribution >= 0.6 is 15.9 Å². The van der Waals surface area contributed by atoms with Crippen molar-refractivity contribution in [2.24, 2.45) is 5.92 Å². The number of amides is 1. The second-order valence-electron chi connectivity index (χ2n) is 7.51. The maximum Gasteiger partial charge on any atom is 0.223 e. The zero-order chi connectivity index (χ0) is 21.6. The van der Waals surface area contributed by atoms with Crippen molar-refractivity contribution in [1.82, 2.24) is 9.62 Å². The number of piperidine rings is 1. The molecule has 2 aromatic carbocycles. The van der Waals surface area contributed by atoms with Crippen molar-refractivity contribution in [2.45, 2.75) is 25.5 Å². The summed E-state index contributed by atoms with van der Waals surface area (Å²) in [5.41, 5.74) is 1.92. The van der Waals surface area contributed by atoms with Crippen molar-refractivity contribution in [3.8, 4) is 5.75 Å². The molecule has 2 aromatic rings. The summed E-state index contributed by atoms with van der Waals surface area (Å²) < 4.78 is 33.4. The predicted molar refractivity (Wildman–Crippen MR) is 121 cm³/mol. The summed E-state index contributed by atoms with van der Waals surface area (Å²) in [4.78, 5) is 12.4. The smallest absolute Gasteiger partial charge is 0.223 e. The van der Waals surface area contributed by atoms with Crippen LogP contribution in [0.3, 0.4) is 0 Å². The molecule has 0 aromatic heterocycles. The molecule has 6 nitrogen and oxygen atoms in total. The van der Waals surface area contributed by atoms with Crippen LogP contribution in [-0.4, -0.2) is 44.9 Å². The lowest BCUT2D eigenvalue weighted by molar-refractivity contribution is -0.126. The molecule has 0 saturated carbocycles. The van der Waals surface area contributed by atoms with E-state index in [1.54, 1.807) is 6.07 Å². The van der Waals surface area contributed by atoms with Gasteiger partial charge in [0.2, 0.25) is 15.9 Å². The summed E-state index contributed by atoms with van der Waals surface area (Å²) in [5.74, 6) is 0.548. The molecule has 0 atom stereocenters. The average molecular weight is 495 g/mol. The van der Waals surface area contributed by atoms with Gasteiger partial charge in [-0.25, -0.2) is 12.7 Å². The number of nitrogens with one attached hydrogen (secondary N) is 1. The number of ether oxygens (including phenoxy) is 1. The van der Waals surface area contributed by atoms with Crippen LogP contribution in [-0.2, 0) is 20.6 Å². The molecule has 0 aliphatic carbocycles. The van der Waals surface area contributed by atoms with E-state index >= 15 is 0 Å². The van der Waals surface area contributed by atoms with Crippen LogP contribution < -0.4 is 10.1 Å². The molecule has 1 saturated heterocycles. The summed E-state index contributed by atoms with van der Waals surface area (Å²) in [6.45, 7) is 3.58. The number of rotatable bonds is 8. The summed E-state index contributed by atoms with van der Waals surface area (Å²) in [7, 11) is -3.40. The molecule has 0 unspecified atom stereocenters. The molecule has 0 spiro atoms. The van der Waals surface area contributed by atoms with E-state index in [2.05, 4.69) is 21.2 Å². The Morgan fingerprint density at radius 2 is 1.87 bits per heavy atom. The number of nitrogens with zero attached hydrogens (tertiary/aromatic N) is 1. The van der Waals surface area contributed by atoms with E-state index in [9.17, 15) is 13.2 Å². The third kappa shape index (κ3) is 6.55. The first kappa shape index (κ1) is 22.8. The normalized spacial score (nSPS) is 15.7. The summed E-state index contributed by atoms with van der Waals surface area (Å²) in [6.07, 6.45) is 1.06. The quantitative estimate of drug-likeness (QED) is 0.569. The van der Waals surface area contributed by atoms with Gasteiger partial charge in [-0.05, 0) is 49.6 Å². The first-order valence-electron chi connectivity index (χ1n) is 10.0. The molecule has 162 valence electrons. The summed E-state index contributed by atoms with van der Waals surface area (Å²) >= 11 is 3.37. The Hall–Kier alpha value is -1.90. The van der Waals surface area contributed by atoms with Crippen LogP contribution in [0.2, 0.25) is 0 Å². The number of hydrogen-bond acceptors (Lipinski definition) is 4. The van der Waals surface area contributed by atoms with E-state index in [0.717, 1.165) is 15.8 Å². The van der Waals surface area contributed by atoms with Gasteiger partial charge in [-0.1, -0.05) is 45.8 Å². The van der Waals surface area contributed by atoms with Gasteiger partial charge in [0.1, 0.15) is 12.4 Å². The molecule has 3 rings (SSSR count). The van der Waals surface area contributed by atoms with Crippen LogP contribution in [0.15, 0.2) is 53.0 Å². The lowest BCUT2D eigenvalue weighted by Crippen LogP contribution is -2.43. The van der Waals surface area contributed by atoms with Crippen molar-refractivity contribution < 1.29 is 17.9 Å². The molecule has 1 amide bonds. The van der Waals surface area contributed by atoms with Gasteiger partial charge in [-0.15, -0.1) is 0 Å². The van der Waals surface area contributed by atoms with Crippen LogP contribution in [0.4, 0.5) is 0 Å². The average Bonchev–Trinajstić information content (AvgIpc) is 2.72. The van der Waals surface area contributed by atoms with Gasteiger partial charge in [0.25, 0.3) is 0 Å². The summed E-state index contributed by atoms with van der Waals surface area (Å²) in [6, 6.07) is 15.1. The maximum absolute atomic E-state index is 12.7. The minimum atomic E-state index is -3.40.